The maximum atomic E-state index is 13.9. The summed E-state index contributed by atoms with van der Waals surface area (Å²) in [5, 5.41) is 1.28. The Hall–Kier alpha value is -3.04. The van der Waals surface area contributed by atoms with E-state index in [0.29, 0.717) is 5.56 Å². The second-order valence-corrected chi connectivity index (χ2v) is 7.10. The molecule has 4 rings (SSSR count). The third kappa shape index (κ3) is 3.61. The predicted octanol–water partition coefficient (Wildman–Crippen LogP) is 4.94. The van der Waals surface area contributed by atoms with Crippen LogP contribution in [0.2, 0.25) is 0 Å². The molecule has 5 nitrogen and oxygen atoms in total. The van der Waals surface area contributed by atoms with Crippen LogP contribution in [0.15, 0.2) is 53.3 Å². The number of hydrogen-bond acceptors (Lipinski definition) is 4. The molecule has 0 amide bonds. The van der Waals surface area contributed by atoms with Gasteiger partial charge in [-0.25, -0.2) is 4.98 Å². The lowest BCUT2D eigenvalue weighted by Crippen LogP contribution is -2.21. The van der Waals surface area contributed by atoms with Gasteiger partial charge < -0.3 is 9.30 Å². The van der Waals surface area contributed by atoms with Gasteiger partial charge in [0.15, 0.2) is 4.77 Å². The van der Waals surface area contributed by atoms with Gasteiger partial charge in [0.2, 0.25) is 0 Å². The summed E-state index contributed by atoms with van der Waals surface area (Å²) < 4.78 is 48.0. The monoisotopic (exact) mass is 431 g/mol. The third-order valence-corrected chi connectivity index (χ3v) is 5.14. The largest absolute Gasteiger partial charge is 0.417 e. The normalized spacial score (nSPS) is 12.0. The summed E-state index contributed by atoms with van der Waals surface area (Å²) in [5.74, 6) is 0. The molecule has 0 aliphatic carbocycles. The molecule has 1 N–H and O–H groups in total. The minimum atomic E-state index is -4.75. The zero-order chi connectivity index (χ0) is 21.5. The van der Waals surface area contributed by atoms with E-state index in [-0.39, 0.29) is 29.3 Å². The zero-order valence-electron chi connectivity index (χ0n) is 15.8. The molecule has 2 heterocycles. The molecule has 154 valence electrons. The highest BCUT2D eigenvalue weighted by molar-refractivity contribution is 7.71. The van der Waals surface area contributed by atoms with Crippen molar-refractivity contribution >= 4 is 34.0 Å². The minimum absolute atomic E-state index is 0.0131. The molecule has 0 radical (unpaired) electrons. The second kappa shape index (κ2) is 7.66. The maximum Gasteiger partial charge on any atom is 0.417 e. The maximum absolute atomic E-state index is 13.9. The van der Waals surface area contributed by atoms with Crippen LogP contribution in [0.25, 0.3) is 33.1 Å². The molecule has 2 aromatic carbocycles. The molecule has 2 aromatic heterocycles. The third-order valence-electron chi connectivity index (χ3n) is 4.82. The Morgan fingerprint density at radius 1 is 1.13 bits per heavy atom. The van der Waals surface area contributed by atoms with Crippen LogP contribution in [0.3, 0.4) is 0 Å². The first kappa shape index (κ1) is 20.2. The molecule has 0 fully saturated rings. The fourth-order valence-electron chi connectivity index (χ4n) is 3.38. The molecule has 0 unspecified atom stereocenters. The number of fused-ring (bicyclic) bond motifs is 2. The van der Waals surface area contributed by atoms with E-state index >= 15 is 0 Å². The van der Waals surface area contributed by atoms with E-state index in [9.17, 15) is 18.0 Å². The molecule has 9 heteroatoms. The molecule has 30 heavy (non-hydrogen) atoms. The van der Waals surface area contributed by atoms with Gasteiger partial charge in [-0.15, -0.1) is 0 Å². The number of halogens is 3. The molecule has 0 saturated carbocycles. The Morgan fingerprint density at radius 3 is 2.57 bits per heavy atom. The van der Waals surface area contributed by atoms with E-state index in [2.05, 4.69) is 9.97 Å². The number of hydrogen-bond donors (Lipinski definition) is 1. The van der Waals surface area contributed by atoms with E-state index < -0.39 is 22.7 Å². The van der Waals surface area contributed by atoms with Crippen LogP contribution < -0.4 is 5.56 Å². The van der Waals surface area contributed by atoms with Crippen LogP contribution >= 0.6 is 12.2 Å². The van der Waals surface area contributed by atoms with E-state index in [1.807, 2.05) is 30.3 Å². The van der Waals surface area contributed by atoms with Crippen molar-refractivity contribution in [3.8, 4) is 11.3 Å². The van der Waals surface area contributed by atoms with Gasteiger partial charge in [0.25, 0.3) is 5.56 Å². The Morgan fingerprint density at radius 2 is 1.87 bits per heavy atom. The standard InChI is InChI=1S/C21H16F3N3O2S/c1-29-9-8-27-18-17(19(28)26-20(27)30)15(21(22,23)24)11-16(25-18)14-7-6-12-4-2-3-5-13(12)10-14/h2-7,10-11H,8-9H2,1H3,(H,26,28,30). The minimum Gasteiger partial charge on any atom is -0.383 e. The van der Waals surface area contributed by atoms with Crippen molar-refractivity contribution in [1.82, 2.24) is 14.5 Å². The Labute approximate surface area is 173 Å². The van der Waals surface area contributed by atoms with Crippen LogP contribution in [-0.4, -0.2) is 28.3 Å². The molecule has 0 saturated heterocycles. The Bertz CT molecular complexity index is 1380. The van der Waals surface area contributed by atoms with E-state index in [1.165, 1.54) is 11.7 Å². The Balaban J connectivity index is 2.07. The van der Waals surface area contributed by atoms with Crippen molar-refractivity contribution in [2.45, 2.75) is 12.7 Å². The summed E-state index contributed by atoms with van der Waals surface area (Å²) in [7, 11) is 1.46. The van der Waals surface area contributed by atoms with Gasteiger partial charge >= 0.3 is 6.18 Å². The lowest BCUT2D eigenvalue weighted by Gasteiger charge is -2.16. The topological polar surface area (TPSA) is 59.9 Å². The van der Waals surface area contributed by atoms with E-state index in [0.717, 1.165) is 16.8 Å². The van der Waals surface area contributed by atoms with Gasteiger partial charge in [-0.2, -0.15) is 13.2 Å². The number of nitrogens with zero attached hydrogens (tertiary/aromatic N) is 2. The van der Waals surface area contributed by atoms with Crippen molar-refractivity contribution in [1.29, 1.82) is 0 Å². The number of alkyl halides is 3. The number of H-pyrrole nitrogens is 1. The van der Waals surface area contributed by atoms with Crippen LogP contribution in [-0.2, 0) is 17.5 Å². The van der Waals surface area contributed by atoms with Crippen LogP contribution in [0.1, 0.15) is 5.56 Å². The van der Waals surface area contributed by atoms with Crippen molar-refractivity contribution in [3.05, 3.63) is 69.2 Å². The number of methoxy groups -OCH3 is 1. The van der Waals surface area contributed by atoms with Gasteiger partial charge in [-0.3, -0.25) is 9.78 Å². The van der Waals surface area contributed by atoms with Gasteiger partial charge in [-0.1, -0.05) is 36.4 Å². The fraction of sp³-hybridized carbons (Fsp3) is 0.190. The first-order chi connectivity index (χ1) is 14.3. The first-order valence-corrected chi connectivity index (χ1v) is 9.43. The molecule has 0 aliphatic rings. The number of ether oxygens (including phenoxy) is 1. The molecular weight excluding hydrogens is 415 g/mol. The number of pyridine rings is 1. The highest BCUT2D eigenvalue weighted by Crippen LogP contribution is 2.36. The highest BCUT2D eigenvalue weighted by Gasteiger charge is 2.35. The average Bonchev–Trinajstić information content (AvgIpc) is 2.71. The number of rotatable bonds is 4. The van der Waals surface area contributed by atoms with Crippen molar-refractivity contribution in [2.24, 2.45) is 0 Å². The van der Waals surface area contributed by atoms with E-state index in [4.69, 9.17) is 17.0 Å². The molecule has 0 spiro atoms. The SMILES string of the molecule is COCCn1c(=S)[nH]c(=O)c2c(C(F)(F)F)cc(-c3ccc4ccccc4c3)nc21. The molecule has 4 aromatic rings. The number of aromatic nitrogens is 3. The quantitative estimate of drug-likeness (QED) is 0.465. The summed E-state index contributed by atoms with van der Waals surface area (Å²) in [5.41, 5.74) is -1.50. The van der Waals surface area contributed by atoms with E-state index in [1.54, 1.807) is 12.1 Å². The van der Waals surface area contributed by atoms with Crippen molar-refractivity contribution < 1.29 is 17.9 Å². The fourth-order valence-corrected chi connectivity index (χ4v) is 3.65. The van der Waals surface area contributed by atoms with Crippen molar-refractivity contribution in [3.63, 3.8) is 0 Å². The summed E-state index contributed by atoms with van der Waals surface area (Å²) in [6.07, 6.45) is -4.75. The summed E-state index contributed by atoms with van der Waals surface area (Å²) >= 11 is 5.17. The van der Waals surface area contributed by atoms with Gasteiger partial charge in [0.05, 0.1) is 29.8 Å². The van der Waals surface area contributed by atoms with Gasteiger partial charge in [-0.05, 0) is 35.1 Å². The second-order valence-electron chi connectivity index (χ2n) is 6.72. The molecular formula is C21H16F3N3O2S. The molecule has 0 aliphatic heterocycles. The lowest BCUT2D eigenvalue weighted by atomic mass is 10.0. The van der Waals surface area contributed by atoms with Gasteiger partial charge in [0.1, 0.15) is 5.65 Å². The first-order valence-electron chi connectivity index (χ1n) is 9.03. The number of aromatic amines is 1. The zero-order valence-corrected chi connectivity index (χ0v) is 16.6. The molecule has 0 bridgehead atoms. The van der Waals surface area contributed by atoms with Crippen LogP contribution in [0.5, 0.6) is 0 Å². The summed E-state index contributed by atoms with van der Waals surface area (Å²) in [4.78, 5) is 19.1. The number of benzene rings is 2. The lowest BCUT2D eigenvalue weighted by molar-refractivity contribution is -0.136. The van der Waals surface area contributed by atoms with Crippen LogP contribution in [0, 0.1) is 4.77 Å². The highest BCUT2D eigenvalue weighted by atomic mass is 32.1. The van der Waals surface area contributed by atoms with Gasteiger partial charge in [0, 0.05) is 12.7 Å². The van der Waals surface area contributed by atoms with Crippen molar-refractivity contribution in [2.75, 3.05) is 13.7 Å². The molecule has 0 atom stereocenters. The summed E-state index contributed by atoms with van der Waals surface area (Å²) in [6.45, 7) is 0.340. The Kier molecular flexibility index (Phi) is 5.17. The smallest absolute Gasteiger partial charge is 0.383 e. The average molecular weight is 431 g/mol. The van der Waals surface area contributed by atoms with Crippen LogP contribution in [0.4, 0.5) is 13.2 Å². The summed E-state index contributed by atoms with van der Waals surface area (Å²) in [6, 6.07) is 13.7. The number of nitrogens with one attached hydrogen (secondary N) is 1. The predicted molar refractivity (Wildman–Crippen MR) is 111 cm³/mol.